The number of carbonyl (C=O) groups excluding carboxylic acids is 1. The Kier molecular flexibility index (Phi) is 3.96. The van der Waals surface area contributed by atoms with Crippen LogP contribution in [0.2, 0.25) is 5.02 Å². The minimum atomic E-state index is -1.03. The maximum atomic E-state index is 12.3. The number of hydrogen-bond donors (Lipinski definition) is 1. The fourth-order valence-electron chi connectivity index (χ4n) is 2.78. The first-order valence-electron chi connectivity index (χ1n) is 6.98. The molecule has 1 N–H and O–H groups in total. The van der Waals surface area contributed by atoms with E-state index in [1.165, 1.54) is 4.90 Å². The van der Waals surface area contributed by atoms with Crippen LogP contribution in [-0.4, -0.2) is 35.5 Å². The Balaban J connectivity index is 2.05. The molecule has 0 saturated heterocycles. The van der Waals surface area contributed by atoms with E-state index in [9.17, 15) is 9.59 Å². The molecule has 0 unspecified atom stereocenters. The molecule has 0 spiro atoms. The second-order valence-corrected chi connectivity index (χ2v) is 5.64. The summed E-state index contributed by atoms with van der Waals surface area (Å²) in [7, 11) is 1.56. The molecule has 1 aliphatic heterocycles. The molecule has 1 amide bonds. The van der Waals surface area contributed by atoms with Crippen molar-refractivity contribution in [2.24, 2.45) is 0 Å². The van der Waals surface area contributed by atoms with Gasteiger partial charge in [0.2, 0.25) is 0 Å². The molecule has 0 bridgehead atoms. The average Bonchev–Trinajstić information content (AvgIpc) is 2.83. The predicted molar refractivity (Wildman–Crippen MR) is 85.8 cm³/mol. The number of ether oxygens (including phenoxy) is 1. The summed E-state index contributed by atoms with van der Waals surface area (Å²) in [6.07, 6.45) is 0. The van der Waals surface area contributed by atoms with Gasteiger partial charge in [-0.05, 0) is 35.4 Å². The number of carboxylic acids is 1. The highest BCUT2D eigenvalue weighted by atomic mass is 35.5. The minimum absolute atomic E-state index is 0.263. The van der Waals surface area contributed by atoms with Gasteiger partial charge in [0.05, 0.1) is 12.1 Å². The standard InChI is InChI=1S/C17H14ClNO4/c1-23-10-5-6-12(15(18)7-10)11-3-2-4-13-14(11)8-19(17(13)22)9-16(20)21/h2-7H,8-9H2,1H3,(H,20,21). The van der Waals surface area contributed by atoms with Crippen LogP contribution in [-0.2, 0) is 11.3 Å². The molecule has 2 aromatic carbocycles. The lowest BCUT2D eigenvalue weighted by Gasteiger charge is -2.13. The quantitative estimate of drug-likeness (QED) is 0.935. The van der Waals surface area contributed by atoms with Crippen molar-refractivity contribution in [2.45, 2.75) is 6.54 Å². The SMILES string of the molecule is COc1ccc(-c2cccc3c2CN(CC(=O)O)C3=O)c(Cl)c1. The van der Waals surface area contributed by atoms with E-state index >= 15 is 0 Å². The molecule has 0 aromatic heterocycles. The van der Waals surface area contributed by atoms with Crippen LogP contribution < -0.4 is 4.74 Å². The van der Waals surface area contributed by atoms with E-state index in [1.54, 1.807) is 31.4 Å². The molecule has 3 rings (SSSR count). The lowest BCUT2D eigenvalue weighted by atomic mass is 9.97. The number of nitrogens with zero attached hydrogens (tertiary/aromatic N) is 1. The molecule has 0 fully saturated rings. The van der Waals surface area contributed by atoms with Crippen LogP contribution >= 0.6 is 11.6 Å². The van der Waals surface area contributed by atoms with Crippen molar-refractivity contribution < 1.29 is 19.4 Å². The van der Waals surface area contributed by atoms with Crippen molar-refractivity contribution in [3.63, 3.8) is 0 Å². The lowest BCUT2D eigenvalue weighted by Crippen LogP contribution is -2.29. The third kappa shape index (κ3) is 2.75. The average molecular weight is 332 g/mol. The van der Waals surface area contributed by atoms with Gasteiger partial charge >= 0.3 is 5.97 Å². The number of halogens is 1. The molecule has 1 aliphatic rings. The summed E-state index contributed by atoms with van der Waals surface area (Å²) < 4.78 is 5.14. The highest BCUT2D eigenvalue weighted by Gasteiger charge is 2.31. The fraction of sp³-hybridized carbons (Fsp3) is 0.176. The molecular formula is C17H14ClNO4. The van der Waals surface area contributed by atoms with Gasteiger partial charge in [-0.3, -0.25) is 9.59 Å². The number of hydrogen-bond acceptors (Lipinski definition) is 3. The zero-order valence-corrected chi connectivity index (χ0v) is 13.1. The Morgan fingerprint density at radius 3 is 2.65 bits per heavy atom. The van der Waals surface area contributed by atoms with Crippen LogP contribution in [0, 0.1) is 0 Å². The second kappa shape index (κ2) is 5.93. The monoisotopic (exact) mass is 331 g/mol. The molecule has 118 valence electrons. The van der Waals surface area contributed by atoms with Gasteiger partial charge in [0.25, 0.3) is 5.91 Å². The van der Waals surface area contributed by atoms with Gasteiger partial charge in [0, 0.05) is 17.7 Å². The second-order valence-electron chi connectivity index (χ2n) is 5.23. The van der Waals surface area contributed by atoms with Crippen molar-refractivity contribution in [3.05, 3.63) is 52.5 Å². The van der Waals surface area contributed by atoms with Crippen LogP contribution in [0.15, 0.2) is 36.4 Å². The van der Waals surface area contributed by atoms with Crippen molar-refractivity contribution in [3.8, 4) is 16.9 Å². The van der Waals surface area contributed by atoms with E-state index in [4.69, 9.17) is 21.4 Å². The minimum Gasteiger partial charge on any atom is -0.497 e. The Morgan fingerprint density at radius 2 is 2.00 bits per heavy atom. The Bertz CT molecular complexity index is 803. The highest BCUT2D eigenvalue weighted by molar-refractivity contribution is 6.33. The summed E-state index contributed by atoms with van der Waals surface area (Å²) in [4.78, 5) is 24.5. The van der Waals surface area contributed by atoms with Gasteiger partial charge in [0.15, 0.2) is 0 Å². The summed E-state index contributed by atoms with van der Waals surface area (Å²) in [6, 6.07) is 10.7. The number of methoxy groups -OCH3 is 1. The molecule has 0 radical (unpaired) electrons. The van der Waals surface area contributed by atoms with E-state index < -0.39 is 5.97 Å². The summed E-state index contributed by atoms with van der Waals surface area (Å²) in [5, 5.41) is 9.45. The number of benzene rings is 2. The topological polar surface area (TPSA) is 66.8 Å². The Hall–Kier alpha value is -2.53. The van der Waals surface area contributed by atoms with Crippen LogP contribution in [0.3, 0.4) is 0 Å². The fourth-order valence-corrected chi connectivity index (χ4v) is 3.05. The maximum Gasteiger partial charge on any atom is 0.323 e. The van der Waals surface area contributed by atoms with Crippen molar-refractivity contribution >= 4 is 23.5 Å². The van der Waals surface area contributed by atoms with Crippen LogP contribution in [0.4, 0.5) is 0 Å². The van der Waals surface area contributed by atoms with E-state index in [0.717, 1.165) is 16.7 Å². The summed E-state index contributed by atoms with van der Waals surface area (Å²) >= 11 is 6.33. The molecule has 1 heterocycles. The first kappa shape index (κ1) is 15.4. The molecule has 6 heteroatoms. The normalized spacial score (nSPS) is 13.1. The van der Waals surface area contributed by atoms with Crippen LogP contribution in [0.5, 0.6) is 5.75 Å². The van der Waals surface area contributed by atoms with Crippen LogP contribution in [0.25, 0.3) is 11.1 Å². The smallest absolute Gasteiger partial charge is 0.323 e. The molecule has 5 nitrogen and oxygen atoms in total. The molecule has 0 aliphatic carbocycles. The predicted octanol–water partition coefficient (Wildman–Crippen LogP) is 3.06. The van der Waals surface area contributed by atoms with Crippen molar-refractivity contribution in [1.82, 2.24) is 4.90 Å². The number of amides is 1. The largest absolute Gasteiger partial charge is 0.497 e. The highest BCUT2D eigenvalue weighted by Crippen LogP contribution is 2.37. The number of carbonyl (C=O) groups is 2. The molecule has 0 saturated carbocycles. The number of aliphatic carboxylic acids is 1. The number of carboxylic acid groups (broad SMARTS) is 1. The molecular weight excluding hydrogens is 318 g/mol. The van der Waals surface area contributed by atoms with Crippen molar-refractivity contribution in [1.29, 1.82) is 0 Å². The van der Waals surface area contributed by atoms with Gasteiger partial charge in [-0.2, -0.15) is 0 Å². The summed E-state index contributed by atoms with van der Waals surface area (Å²) in [5.41, 5.74) is 2.94. The number of rotatable bonds is 4. The number of fused-ring (bicyclic) bond motifs is 1. The summed E-state index contributed by atoms with van der Waals surface area (Å²) in [5.74, 6) is -0.654. The third-order valence-corrected chi connectivity index (χ3v) is 4.15. The lowest BCUT2D eigenvalue weighted by molar-refractivity contribution is -0.137. The van der Waals surface area contributed by atoms with Crippen molar-refractivity contribution in [2.75, 3.05) is 13.7 Å². The third-order valence-electron chi connectivity index (χ3n) is 3.84. The van der Waals surface area contributed by atoms with Gasteiger partial charge in [-0.1, -0.05) is 23.7 Å². The Labute approximate surface area is 138 Å². The van der Waals surface area contributed by atoms with Gasteiger partial charge in [-0.15, -0.1) is 0 Å². The van der Waals surface area contributed by atoms with Gasteiger partial charge in [0.1, 0.15) is 12.3 Å². The van der Waals surface area contributed by atoms with Crippen LogP contribution in [0.1, 0.15) is 15.9 Å². The van der Waals surface area contributed by atoms with Gasteiger partial charge < -0.3 is 14.7 Å². The van der Waals surface area contributed by atoms with E-state index in [1.807, 2.05) is 12.1 Å². The molecule has 23 heavy (non-hydrogen) atoms. The zero-order chi connectivity index (χ0) is 16.6. The first-order chi connectivity index (χ1) is 11.0. The van der Waals surface area contributed by atoms with E-state index in [-0.39, 0.29) is 19.0 Å². The zero-order valence-electron chi connectivity index (χ0n) is 12.4. The Morgan fingerprint density at radius 1 is 1.26 bits per heavy atom. The molecule has 0 atom stereocenters. The van der Waals surface area contributed by atoms with E-state index in [0.29, 0.717) is 16.3 Å². The first-order valence-corrected chi connectivity index (χ1v) is 7.36. The van der Waals surface area contributed by atoms with Gasteiger partial charge in [-0.25, -0.2) is 0 Å². The maximum absolute atomic E-state index is 12.3. The van der Waals surface area contributed by atoms with E-state index in [2.05, 4.69) is 0 Å². The molecule has 2 aromatic rings. The summed E-state index contributed by atoms with van der Waals surface area (Å²) in [6.45, 7) is -0.0533.